The highest BCUT2D eigenvalue weighted by Crippen LogP contribution is 2.37. The van der Waals surface area contributed by atoms with Gasteiger partial charge in [-0.25, -0.2) is 4.79 Å². The lowest BCUT2D eigenvalue weighted by molar-refractivity contribution is -0.139. The molecule has 28 heavy (non-hydrogen) atoms. The molecule has 0 radical (unpaired) electrons. The van der Waals surface area contributed by atoms with E-state index in [4.69, 9.17) is 5.11 Å². The van der Waals surface area contributed by atoms with Crippen molar-refractivity contribution in [1.82, 2.24) is 4.57 Å². The van der Waals surface area contributed by atoms with E-state index < -0.39 is 24.3 Å². The molecule has 0 saturated carbocycles. The first kappa shape index (κ1) is 19.7. The minimum absolute atomic E-state index is 0.183. The number of benzene rings is 2. The summed E-state index contributed by atoms with van der Waals surface area (Å²) >= 11 is 2.11. The van der Waals surface area contributed by atoms with Crippen molar-refractivity contribution in [2.45, 2.75) is 6.42 Å². The summed E-state index contributed by atoms with van der Waals surface area (Å²) in [5.74, 6) is -3.39. The molecule has 4 N–H and O–H groups in total. The van der Waals surface area contributed by atoms with Gasteiger partial charge < -0.3 is 25.2 Å². The second-order valence-electron chi connectivity index (χ2n) is 6.11. The number of nitrogens with zero attached hydrogens (tertiary/aromatic N) is 1. The van der Waals surface area contributed by atoms with Crippen molar-refractivity contribution in [3.05, 3.63) is 45.5 Å². The molecule has 1 heterocycles. The number of aryl methyl sites for hydroxylation is 1. The van der Waals surface area contributed by atoms with E-state index in [0.29, 0.717) is 16.6 Å². The van der Waals surface area contributed by atoms with Crippen molar-refractivity contribution < 1.29 is 29.7 Å². The number of carbonyl (C=O) groups is 3. The Balaban J connectivity index is 2.09. The van der Waals surface area contributed by atoms with Gasteiger partial charge in [0, 0.05) is 33.3 Å². The van der Waals surface area contributed by atoms with Crippen molar-refractivity contribution in [3.8, 4) is 17.0 Å². The van der Waals surface area contributed by atoms with Gasteiger partial charge in [0.15, 0.2) is 0 Å². The Morgan fingerprint density at radius 2 is 1.86 bits per heavy atom. The molecule has 3 aromatic rings. The van der Waals surface area contributed by atoms with E-state index in [9.17, 15) is 24.6 Å². The van der Waals surface area contributed by atoms with Gasteiger partial charge in [-0.05, 0) is 40.8 Å². The Labute approximate surface area is 172 Å². The molecular formula is C19H15IN2O6. The number of aromatic hydroxyl groups is 1. The minimum Gasteiger partial charge on any atom is -0.507 e. The minimum atomic E-state index is -1.22. The van der Waals surface area contributed by atoms with Crippen molar-refractivity contribution in [3.63, 3.8) is 0 Å². The molecule has 9 heteroatoms. The van der Waals surface area contributed by atoms with Crippen LogP contribution in [0.1, 0.15) is 16.8 Å². The number of amides is 1. The lowest BCUT2D eigenvalue weighted by Gasteiger charge is -2.09. The molecule has 144 valence electrons. The van der Waals surface area contributed by atoms with Crippen LogP contribution < -0.4 is 5.32 Å². The number of carboxylic acids is 2. The molecule has 0 bridgehead atoms. The van der Waals surface area contributed by atoms with E-state index in [-0.39, 0.29) is 11.3 Å². The largest absolute Gasteiger partial charge is 0.507 e. The topological polar surface area (TPSA) is 129 Å². The van der Waals surface area contributed by atoms with Gasteiger partial charge >= 0.3 is 11.9 Å². The third-order valence-electron chi connectivity index (χ3n) is 4.22. The lowest BCUT2D eigenvalue weighted by atomic mass is 10.1. The first-order valence-corrected chi connectivity index (χ1v) is 9.13. The number of phenols is 1. The molecule has 0 spiro atoms. The third kappa shape index (κ3) is 3.65. The summed E-state index contributed by atoms with van der Waals surface area (Å²) < 4.78 is 2.60. The van der Waals surface area contributed by atoms with Gasteiger partial charge in [-0.2, -0.15) is 0 Å². The number of fused-ring (bicyclic) bond motifs is 1. The standard InChI is InChI=1S/C19H15IN2O6/c1-22-13-7-14(23)12(19(27)28)6-11(13)17(20)18(22)9-3-2-4-10(5-9)21-15(24)8-16(25)26/h2-7,23H,8H2,1H3,(H,21,24)(H,25,26)(H,27,28). The summed E-state index contributed by atoms with van der Waals surface area (Å²) in [6.07, 6.45) is -0.632. The van der Waals surface area contributed by atoms with Gasteiger partial charge in [-0.1, -0.05) is 12.1 Å². The highest BCUT2D eigenvalue weighted by molar-refractivity contribution is 14.1. The maximum absolute atomic E-state index is 11.7. The monoisotopic (exact) mass is 494 g/mol. The molecule has 2 aromatic carbocycles. The molecule has 0 fully saturated rings. The van der Waals surface area contributed by atoms with Gasteiger partial charge in [0.05, 0.1) is 11.2 Å². The maximum atomic E-state index is 11.7. The molecule has 1 aromatic heterocycles. The van der Waals surface area contributed by atoms with Gasteiger partial charge in [-0.3, -0.25) is 9.59 Å². The quantitative estimate of drug-likeness (QED) is 0.319. The molecule has 0 aliphatic heterocycles. The number of aliphatic carboxylic acids is 1. The number of rotatable bonds is 5. The lowest BCUT2D eigenvalue weighted by Crippen LogP contribution is -2.15. The Bertz CT molecular complexity index is 1140. The molecule has 1 amide bonds. The van der Waals surface area contributed by atoms with Crippen LogP contribution in [0.3, 0.4) is 0 Å². The van der Waals surface area contributed by atoms with Gasteiger partial charge in [0.1, 0.15) is 17.7 Å². The van der Waals surface area contributed by atoms with Crippen LogP contribution in [0.2, 0.25) is 0 Å². The summed E-state index contributed by atoms with van der Waals surface area (Å²) in [5.41, 5.74) is 2.43. The molecule has 0 atom stereocenters. The molecular weight excluding hydrogens is 479 g/mol. The van der Waals surface area contributed by atoms with Crippen LogP contribution in [0.4, 0.5) is 5.69 Å². The molecule has 0 saturated heterocycles. The van der Waals surface area contributed by atoms with E-state index in [1.54, 1.807) is 25.2 Å². The van der Waals surface area contributed by atoms with Crippen molar-refractivity contribution >= 4 is 57.0 Å². The predicted octanol–water partition coefficient (Wildman–Crippen LogP) is 3.27. The zero-order valence-corrected chi connectivity index (χ0v) is 16.7. The first-order valence-electron chi connectivity index (χ1n) is 8.05. The zero-order chi connectivity index (χ0) is 20.6. The number of nitrogens with one attached hydrogen (secondary N) is 1. The van der Waals surface area contributed by atoms with Crippen LogP contribution in [-0.4, -0.2) is 37.7 Å². The number of hydrogen-bond donors (Lipinski definition) is 4. The summed E-state index contributed by atoms with van der Waals surface area (Å²) in [5, 5.41) is 31.2. The van der Waals surface area contributed by atoms with E-state index in [1.165, 1.54) is 12.1 Å². The van der Waals surface area contributed by atoms with Gasteiger partial charge in [0.2, 0.25) is 5.91 Å². The second-order valence-corrected chi connectivity index (χ2v) is 7.19. The van der Waals surface area contributed by atoms with Gasteiger partial charge in [-0.15, -0.1) is 0 Å². The molecule has 0 aliphatic rings. The fourth-order valence-electron chi connectivity index (χ4n) is 3.00. The van der Waals surface area contributed by atoms with E-state index in [0.717, 1.165) is 14.8 Å². The average Bonchev–Trinajstić information content (AvgIpc) is 2.83. The van der Waals surface area contributed by atoms with Crippen molar-refractivity contribution in [1.29, 1.82) is 0 Å². The molecule has 0 aliphatic carbocycles. The second kappa shape index (κ2) is 7.50. The number of carbonyl (C=O) groups excluding carboxylic acids is 1. The SMILES string of the molecule is Cn1c(-c2cccc(NC(=O)CC(=O)O)c2)c(I)c2cc(C(=O)O)c(O)cc21. The number of anilines is 1. The summed E-state index contributed by atoms with van der Waals surface area (Å²) in [6, 6.07) is 9.72. The Hall–Kier alpha value is -3.08. The van der Waals surface area contributed by atoms with Gasteiger partial charge in [0.25, 0.3) is 0 Å². The Morgan fingerprint density at radius 3 is 2.50 bits per heavy atom. The van der Waals surface area contributed by atoms with Crippen LogP contribution >= 0.6 is 22.6 Å². The number of carboxylic acid groups (broad SMARTS) is 2. The summed E-state index contributed by atoms with van der Waals surface area (Å²) in [6.45, 7) is 0. The predicted molar refractivity (Wildman–Crippen MR) is 111 cm³/mol. The highest BCUT2D eigenvalue weighted by Gasteiger charge is 2.20. The molecule has 8 nitrogen and oxygen atoms in total. The fraction of sp³-hybridized carbons (Fsp3) is 0.105. The first-order chi connectivity index (χ1) is 13.2. The third-order valence-corrected chi connectivity index (χ3v) is 5.31. The van der Waals surface area contributed by atoms with E-state index >= 15 is 0 Å². The van der Waals surface area contributed by atoms with E-state index in [2.05, 4.69) is 27.9 Å². The molecule has 3 rings (SSSR count). The van der Waals surface area contributed by atoms with E-state index in [1.807, 2.05) is 10.6 Å². The number of hydrogen-bond acceptors (Lipinski definition) is 4. The molecule has 0 unspecified atom stereocenters. The Kier molecular flexibility index (Phi) is 5.27. The van der Waals surface area contributed by atoms with Crippen LogP contribution in [0.5, 0.6) is 5.75 Å². The number of aromatic carboxylic acids is 1. The Morgan fingerprint density at radius 1 is 1.14 bits per heavy atom. The average molecular weight is 494 g/mol. The highest BCUT2D eigenvalue weighted by atomic mass is 127. The zero-order valence-electron chi connectivity index (χ0n) is 14.6. The van der Waals surface area contributed by atoms with Crippen molar-refractivity contribution in [2.24, 2.45) is 7.05 Å². The normalized spacial score (nSPS) is 10.8. The van der Waals surface area contributed by atoms with Crippen LogP contribution in [0.25, 0.3) is 22.2 Å². The van der Waals surface area contributed by atoms with Crippen LogP contribution in [0, 0.1) is 3.57 Å². The van der Waals surface area contributed by atoms with Crippen LogP contribution in [0.15, 0.2) is 36.4 Å². The number of halogens is 1. The van der Waals surface area contributed by atoms with Crippen molar-refractivity contribution in [2.75, 3.05) is 5.32 Å². The smallest absolute Gasteiger partial charge is 0.339 e. The van der Waals surface area contributed by atoms with Crippen LogP contribution in [-0.2, 0) is 16.6 Å². The summed E-state index contributed by atoms with van der Waals surface area (Å²) in [4.78, 5) is 33.7. The summed E-state index contributed by atoms with van der Waals surface area (Å²) in [7, 11) is 1.79. The maximum Gasteiger partial charge on any atom is 0.339 e. The number of aromatic nitrogens is 1. The fourth-order valence-corrected chi connectivity index (χ4v) is 4.11.